The summed E-state index contributed by atoms with van der Waals surface area (Å²) in [6.07, 6.45) is -3.04. The number of carbonyl (C=O) groups excluding carboxylic acids is 1. The second kappa shape index (κ2) is 6.99. The Morgan fingerprint density at radius 1 is 1.32 bits per heavy atom. The van der Waals surface area contributed by atoms with Gasteiger partial charge in [0, 0.05) is 11.5 Å². The molecule has 0 saturated heterocycles. The molecule has 0 spiro atoms. The van der Waals surface area contributed by atoms with Crippen molar-refractivity contribution >= 4 is 23.4 Å². The highest BCUT2D eigenvalue weighted by Gasteiger charge is 2.68. The van der Waals surface area contributed by atoms with Crippen molar-refractivity contribution in [2.45, 2.75) is 43.3 Å². The topological polar surface area (TPSA) is 52.9 Å². The van der Waals surface area contributed by atoms with Crippen molar-refractivity contribution in [3.05, 3.63) is 35.9 Å². The molecule has 2 aliphatic rings. The Balaban J connectivity index is 1.72. The van der Waals surface area contributed by atoms with Gasteiger partial charge in [0.25, 0.3) is 11.6 Å². The van der Waals surface area contributed by atoms with Crippen LogP contribution < -0.4 is 0 Å². The third kappa shape index (κ3) is 3.42. The van der Waals surface area contributed by atoms with Crippen LogP contribution in [-0.2, 0) is 10.5 Å². The summed E-state index contributed by atoms with van der Waals surface area (Å²) in [7, 11) is 0. The summed E-state index contributed by atoms with van der Waals surface area (Å²) < 4.78 is 40.8. The molecular formula is C17H19F3N2O2S. The zero-order valence-electron chi connectivity index (χ0n) is 13.5. The minimum Gasteiger partial charge on any atom is -0.362 e. The molecule has 3 rings (SSSR count). The van der Waals surface area contributed by atoms with Crippen LogP contribution >= 0.6 is 11.8 Å². The third-order valence-electron chi connectivity index (χ3n) is 4.61. The first-order chi connectivity index (χ1) is 11.8. The van der Waals surface area contributed by atoms with Crippen molar-refractivity contribution in [2.24, 2.45) is 11.0 Å². The van der Waals surface area contributed by atoms with Gasteiger partial charge < -0.3 is 5.11 Å². The molecule has 1 fully saturated rings. The van der Waals surface area contributed by atoms with Gasteiger partial charge in [-0.1, -0.05) is 36.8 Å². The van der Waals surface area contributed by atoms with Gasteiger partial charge in [0.1, 0.15) is 0 Å². The van der Waals surface area contributed by atoms with E-state index in [0.29, 0.717) is 18.6 Å². The second-order valence-corrected chi connectivity index (χ2v) is 7.28. The molecule has 1 aromatic carbocycles. The van der Waals surface area contributed by atoms with Gasteiger partial charge in [0.2, 0.25) is 0 Å². The van der Waals surface area contributed by atoms with Crippen molar-refractivity contribution in [3.8, 4) is 0 Å². The van der Waals surface area contributed by atoms with Crippen LogP contribution in [0.1, 0.15) is 31.2 Å². The first-order valence-electron chi connectivity index (χ1n) is 8.15. The SMILES string of the molecule is O=C(CSCc1ccccc1)N1N=C2CCCC[C@@H]2[C@]1(O)C(F)(F)F. The predicted molar refractivity (Wildman–Crippen MR) is 89.8 cm³/mol. The molecule has 1 amide bonds. The number of halogens is 3. The van der Waals surface area contributed by atoms with E-state index < -0.39 is 23.7 Å². The van der Waals surface area contributed by atoms with Crippen molar-refractivity contribution in [1.82, 2.24) is 5.01 Å². The molecule has 2 atom stereocenters. The Morgan fingerprint density at radius 3 is 2.72 bits per heavy atom. The molecular weight excluding hydrogens is 353 g/mol. The molecule has 1 aliphatic heterocycles. The summed E-state index contributed by atoms with van der Waals surface area (Å²) in [6, 6.07) is 9.35. The Bertz CT molecular complexity index is 666. The van der Waals surface area contributed by atoms with Crippen LogP contribution in [-0.4, -0.2) is 39.4 Å². The van der Waals surface area contributed by atoms with Gasteiger partial charge in [0.15, 0.2) is 0 Å². The third-order valence-corrected chi connectivity index (χ3v) is 5.59. The monoisotopic (exact) mass is 372 g/mol. The summed E-state index contributed by atoms with van der Waals surface area (Å²) in [4.78, 5) is 12.4. The van der Waals surface area contributed by atoms with Gasteiger partial charge in [-0.15, -0.1) is 11.8 Å². The zero-order chi connectivity index (χ0) is 18.1. The number of fused-ring (bicyclic) bond motifs is 1. The van der Waals surface area contributed by atoms with Gasteiger partial charge in [-0.05, 0) is 24.8 Å². The summed E-state index contributed by atoms with van der Waals surface area (Å²) in [5, 5.41) is 14.6. The summed E-state index contributed by atoms with van der Waals surface area (Å²) in [6.45, 7) is 0. The van der Waals surface area contributed by atoms with Crippen molar-refractivity contribution in [3.63, 3.8) is 0 Å². The highest BCUT2D eigenvalue weighted by Crippen LogP contribution is 2.48. The number of hydrogen-bond donors (Lipinski definition) is 1. The summed E-state index contributed by atoms with van der Waals surface area (Å²) in [5.41, 5.74) is -1.95. The minimum atomic E-state index is -4.94. The quantitative estimate of drug-likeness (QED) is 0.879. The zero-order valence-corrected chi connectivity index (χ0v) is 14.3. The molecule has 136 valence electrons. The number of benzene rings is 1. The van der Waals surface area contributed by atoms with E-state index in [0.717, 1.165) is 12.0 Å². The lowest BCUT2D eigenvalue weighted by Crippen LogP contribution is -2.61. The Labute approximate surface area is 148 Å². The number of aliphatic hydroxyl groups is 1. The summed E-state index contributed by atoms with van der Waals surface area (Å²) >= 11 is 1.21. The molecule has 0 unspecified atom stereocenters. The maximum atomic E-state index is 13.6. The number of thioether (sulfide) groups is 1. The average molecular weight is 372 g/mol. The molecule has 8 heteroatoms. The molecule has 25 heavy (non-hydrogen) atoms. The lowest BCUT2D eigenvalue weighted by molar-refractivity contribution is -0.316. The van der Waals surface area contributed by atoms with Gasteiger partial charge in [0.05, 0.1) is 11.7 Å². The number of rotatable bonds is 4. The molecule has 1 aromatic rings. The molecule has 1 heterocycles. The Kier molecular flexibility index (Phi) is 5.11. The fraction of sp³-hybridized carbons (Fsp3) is 0.529. The van der Waals surface area contributed by atoms with Crippen LogP contribution in [0.25, 0.3) is 0 Å². The van der Waals surface area contributed by atoms with Crippen molar-refractivity contribution in [1.29, 1.82) is 0 Å². The van der Waals surface area contributed by atoms with Crippen LogP contribution in [0.2, 0.25) is 0 Å². The first-order valence-corrected chi connectivity index (χ1v) is 9.30. The van der Waals surface area contributed by atoms with E-state index in [1.54, 1.807) is 0 Å². The van der Waals surface area contributed by atoms with Gasteiger partial charge in [-0.3, -0.25) is 4.79 Å². The van der Waals surface area contributed by atoms with Crippen LogP contribution in [0.15, 0.2) is 35.4 Å². The van der Waals surface area contributed by atoms with E-state index in [2.05, 4.69) is 5.10 Å². The van der Waals surface area contributed by atoms with Crippen LogP contribution in [0, 0.1) is 5.92 Å². The van der Waals surface area contributed by atoms with Crippen LogP contribution in [0.4, 0.5) is 13.2 Å². The second-order valence-electron chi connectivity index (χ2n) is 6.30. The Morgan fingerprint density at radius 2 is 2.04 bits per heavy atom. The van der Waals surface area contributed by atoms with E-state index in [9.17, 15) is 23.1 Å². The molecule has 0 radical (unpaired) electrons. The number of carbonyl (C=O) groups is 1. The normalized spacial score (nSPS) is 26.3. The number of amides is 1. The minimum absolute atomic E-state index is 0.170. The molecule has 0 bridgehead atoms. The average Bonchev–Trinajstić information content (AvgIpc) is 2.90. The van der Waals surface area contributed by atoms with Crippen LogP contribution in [0.3, 0.4) is 0 Å². The maximum absolute atomic E-state index is 13.6. The highest BCUT2D eigenvalue weighted by atomic mass is 32.2. The predicted octanol–water partition coefficient (Wildman–Crippen LogP) is 3.56. The standard InChI is InChI=1S/C17H19F3N2O2S/c18-17(19,20)16(24)13-8-4-5-9-14(13)21-22(16)15(23)11-25-10-12-6-2-1-3-7-12/h1-3,6-7,13,24H,4-5,8-11H2/t13-,16-/m0/s1. The van der Waals surface area contributed by atoms with Gasteiger partial charge in [-0.2, -0.15) is 23.3 Å². The van der Waals surface area contributed by atoms with Crippen molar-refractivity contribution < 1.29 is 23.1 Å². The van der Waals surface area contributed by atoms with Gasteiger partial charge in [-0.25, -0.2) is 0 Å². The Hall–Kier alpha value is -1.54. The van der Waals surface area contributed by atoms with Crippen molar-refractivity contribution in [2.75, 3.05) is 5.75 Å². The number of alkyl halides is 3. The van der Waals surface area contributed by atoms with E-state index in [4.69, 9.17) is 0 Å². The number of hydrogen-bond acceptors (Lipinski definition) is 4. The van der Waals surface area contributed by atoms with Crippen LogP contribution in [0.5, 0.6) is 0 Å². The molecule has 1 N–H and O–H groups in total. The maximum Gasteiger partial charge on any atom is 0.439 e. The fourth-order valence-corrected chi connectivity index (χ4v) is 4.18. The lowest BCUT2D eigenvalue weighted by atomic mass is 9.80. The van der Waals surface area contributed by atoms with Gasteiger partial charge >= 0.3 is 6.18 Å². The van der Waals surface area contributed by atoms with E-state index >= 15 is 0 Å². The lowest BCUT2D eigenvalue weighted by Gasteiger charge is -2.38. The van der Waals surface area contributed by atoms with E-state index in [1.807, 2.05) is 30.3 Å². The fourth-order valence-electron chi connectivity index (χ4n) is 3.36. The molecule has 0 aromatic heterocycles. The molecule has 1 aliphatic carbocycles. The molecule has 1 saturated carbocycles. The first kappa shape index (κ1) is 18.3. The largest absolute Gasteiger partial charge is 0.439 e. The smallest absolute Gasteiger partial charge is 0.362 e. The summed E-state index contributed by atoms with van der Waals surface area (Å²) in [5.74, 6) is -1.63. The van der Waals surface area contributed by atoms with E-state index in [-0.39, 0.29) is 22.9 Å². The number of nitrogens with zero attached hydrogens (tertiary/aromatic N) is 2. The molecule has 4 nitrogen and oxygen atoms in total. The number of hydrazone groups is 1. The van der Waals surface area contributed by atoms with E-state index in [1.165, 1.54) is 11.8 Å². The highest BCUT2D eigenvalue weighted by molar-refractivity contribution is 7.99.